The third-order valence-electron chi connectivity index (χ3n) is 5.51. The molecule has 0 aliphatic carbocycles. The number of benzene rings is 2. The van der Waals surface area contributed by atoms with E-state index in [0.29, 0.717) is 23.5 Å². The first-order valence-electron chi connectivity index (χ1n) is 10.6. The maximum atomic E-state index is 12.4. The van der Waals surface area contributed by atoms with Crippen LogP contribution in [0, 0.1) is 0 Å². The molecule has 0 aromatic heterocycles. The molecule has 0 radical (unpaired) electrons. The average Bonchev–Trinajstić information content (AvgIpc) is 3.51. The fourth-order valence-electron chi connectivity index (χ4n) is 3.73. The smallest absolute Gasteiger partial charge is 0.338 e. The number of hydrogen-bond acceptors (Lipinski definition) is 5. The third kappa shape index (κ3) is 5.19. The van der Waals surface area contributed by atoms with E-state index >= 15 is 0 Å². The SMILES string of the molecule is O=C(OCc1ccc(C(=O)N2CCCC2)cc1)c1ccc(OCC2CCCO2)cc1. The second-order valence-electron chi connectivity index (χ2n) is 7.74. The van der Waals surface area contributed by atoms with Gasteiger partial charge < -0.3 is 19.1 Å². The van der Waals surface area contributed by atoms with Crippen molar-refractivity contribution in [2.75, 3.05) is 26.3 Å². The normalized spacial score (nSPS) is 18.4. The molecule has 6 heteroatoms. The van der Waals surface area contributed by atoms with Crippen molar-refractivity contribution in [1.82, 2.24) is 4.90 Å². The van der Waals surface area contributed by atoms with Crippen LogP contribution in [0.25, 0.3) is 0 Å². The largest absolute Gasteiger partial charge is 0.491 e. The molecule has 1 atom stereocenters. The van der Waals surface area contributed by atoms with E-state index in [9.17, 15) is 9.59 Å². The molecule has 2 aromatic carbocycles. The summed E-state index contributed by atoms with van der Waals surface area (Å²) < 4.78 is 16.7. The van der Waals surface area contributed by atoms with Gasteiger partial charge in [-0.15, -0.1) is 0 Å². The molecule has 158 valence electrons. The molecule has 30 heavy (non-hydrogen) atoms. The van der Waals surface area contributed by atoms with Crippen molar-refractivity contribution in [3.05, 3.63) is 65.2 Å². The lowest BCUT2D eigenvalue weighted by molar-refractivity contribution is 0.0472. The molecule has 2 fully saturated rings. The Labute approximate surface area is 176 Å². The third-order valence-corrected chi connectivity index (χ3v) is 5.51. The van der Waals surface area contributed by atoms with Gasteiger partial charge in [-0.2, -0.15) is 0 Å². The second kappa shape index (κ2) is 9.76. The first-order valence-corrected chi connectivity index (χ1v) is 10.6. The van der Waals surface area contributed by atoms with Crippen LogP contribution in [0.15, 0.2) is 48.5 Å². The van der Waals surface area contributed by atoms with Crippen LogP contribution in [-0.2, 0) is 16.1 Å². The van der Waals surface area contributed by atoms with E-state index in [1.54, 1.807) is 36.4 Å². The summed E-state index contributed by atoms with van der Waals surface area (Å²) in [5.41, 5.74) is 1.99. The van der Waals surface area contributed by atoms with Crippen molar-refractivity contribution in [2.24, 2.45) is 0 Å². The standard InChI is InChI=1S/C24H27NO5/c26-23(25-13-1-2-14-25)19-7-5-18(6-8-19)16-30-24(27)20-9-11-21(12-10-20)29-17-22-4-3-15-28-22/h5-12,22H,1-4,13-17H2. The van der Waals surface area contributed by atoms with E-state index in [2.05, 4.69) is 0 Å². The molecule has 2 saturated heterocycles. The summed E-state index contributed by atoms with van der Waals surface area (Å²) in [7, 11) is 0. The van der Waals surface area contributed by atoms with Crippen LogP contribution in [0.5, 0.6) is 5.75 Å². The number of amides is 1. The molecule has 1 amide bonds. The van der Waals surface area contributed by atoms with Crippen LogP contribution in [0.1, 0.15) is 52.0 Å². The number of nitrogens with zero attached hydrogens (tertiary/aromatic N) is 1. The van der Waals surface area contributed by atoms with Gasteiger partial charge in [0.15, 0.2) is 0 Å². The molecule has 6 nitrogen and oxygen atoms in total. The van der Waals surface area contributed by atoms with Gasteiger partial charge in [0.1, 0.15) is 19.0 Å². The summed E-state index contributed by atoms with van der Waals surface area (Å²) in [5, 5.41) is 0. The molecule has 2 aromatic rings. The molecule has 0 spiro atoms. The van der Waals surface area contributed by atoms with Crippen LogP contribution >= 0.6 is 0 Å². The molecule has 2 aliphatic heterocycles. The summed E-state index contributed by atoms with van der Waals surface area (Å²) in [6.07, 6.45) is 4.41. The Morgan fingerprint density at radius 3 is 2.30 bits per heavy atom. The molecule has 0 saturated carbocycles. The molecular formula is C24H27NO5. The Morgan fingerprint density at radius 1 is 0.933 bits per heavy atom. The predicted molar refractivity (Wildman–Crippen MR) is 112 cm³/mol. The van der Waals surface area contributed by atoms with Gasteiger partial charge in [0.2, 0.25) is 0 Å². The van der Waals surface area contributed by atoms with E-state index in [-0.39, 0.29) is 18.6 Å². The van der Waals surface area contributed by atoms with E-state index in [0.717, 1.165) is 50.9 Å². The van der Waals surface area contributed by atoms with Gasteiger partial charge in [0.05, 0.1) is 11.7 Å². The molecule has 0 N–H and O–H groups in total. The lowest BCUT2D eigenvalue weighted by Crippen LogP contribution is -2.27. The van der Waals surface area contributed by atoms with Crippen molar-refractivity contribution < 1.29 is 23.8 Å². The summed E-state index contributed by atoms with van der Waals surface area (Å²) in [4.78, 5) is 26.6. The number of likely N-dealkylation sites (tertiary alicyclic amines) is 1. The molecule has 1 unspecified atom stereocenters. The lowest BCUT2D eigenvalue weighted by Gasteiger charge is -2.15. The average molecular weight is 409 g/mol. The second-order valence-corrected chi connectivity index (χ2v) is 7.74. The van der Waals surface area contributed by atoms with Crippen LogP contribution < -0.4 is 4.74 Å². The maximum absolute atomic E-state index is 12.4. The number of hydrogen-bond donors (Lipinski definition) is 0. The fourth-order valence-corrected chi connectivity index (χ4v) is 3.73. The highest BCUT2D eigenvalue weighted by atomic mass is 16.5. The van der Waals surface area contributed by atoms with Gasteiger partial charge in [-0.05, 0) is 67.6 Å². The summed E-state index contributed by atoms with van der Waals surface area (Å²) in [6.45, 7) is 3.15. The van der Waals surface area contributed by atoms with Crippen molar-refractivity contribution in [1.29, 1.82) is 0 Å². The van der Waals surface area contributed by atoms with Crippen molar-refractivity contribution in [2.45, 2.75) is 38.4 Å². The Balaban J connectivity index is 1.25. The van der Waals surface area contributed by atoms with Gasteiger partial charge >= 0.3 is 5.97 Å². The molecule has 4 rings (SSSR count). The monoisotopic (exact) mass is 409 g/mol. The zero-order valence-electron chi connectivity index (χ0n) is 17.0. The van der Waals surface area contributed by atoms with Gasteiger partial charge in [0.25, 0.3) is 5.91 Å². The zero-order valence-corrected chi connectivity index (χ0v) is 17.0. The maximum Gasteiger partial charge on any atom is 0.338 e. The van der Waals surface area contributed by atoms with Gasteiger partial charge in [0, 0.05) is 25.3 Å². The minimum absolute atomic E-state index is 0.0675. The molecule has 2 heterocycles. The Morgan fingerprint density at radius 2 is 1.63 bits per heavy atom. The van der Waals surface area contributed by atoms with Gasteiger partial charge in [-0.1, -0.05) is 12.1 Å². The number of rotatable bonds is 7. The van der Waals surface area contributed by atoms with E-state index in [1.165, 1.54) is 0 Å². The number of carbonyl (C=O) groups excluding carboxylic acids is 2. The Hall–Kier alpha value is -2.86. The summed E-state index contributed by atoms with van der Waals surface area (Å²) >= 11 is 0. The van der Waals surface area contributed by atoms with Gasteiger partial charge in [-0.3, -0.25) is 4.79 Å². The zero-order chi connectivity index (χ0) is 20.8. The molecule has 0 bridgehead atoms. The first kappa shape index (κ1) is 20.4. The van der Waals surface area contributed by atoms with Gasteiger partial charge in [-0.25, -0.2) is 4.79 Å². The highest BCUT2D eigenvalue weighted by Gasteiger charge is 2.19. The van der Waals surface area contributed by atoms with E-state index in [4.69, 9.17) is 14.2 Å². The minimum Gasteiger partial charge on any atom is -0.491 e. The number of esters is 1. The first-order chi connectivity index (χ1) is 14.7. The highest BCUT2D eigenvalue weighted by Crippen LogP contribution is 2.18. The van der Waals surface area contributed by atoms with Crippen LogP contribution in [0.3, 0.4) is 0 Å². The summed E-state index contributed by atoms with van der Waals surface area (Å²) in [6, 6.07) is 14.2. The summed E-state index contributed by atoms with van der Waals surface area (Å²) in [5.74, 6) is 0.385. The topological polar surface area (TPSA) is 65.1 Å². The Bertz CT molecular complexity index is 850. The van der Waals surface area contributed by atoms with Crippen LogP contribution in [-0.4, -0.2) is 49.2 Å². The van der Waals surface area contributed by atoms with E-state index in [1.807, 2.05) is 17.0 Å². The van der Waals surface area contributed by atoms with Crippen molar-refractivity contribution in [3.63, 3.8) is 0 Å². The van der Waals surface area contributed by atoms with Crippen LogP contribution in [0.4, 0.5) is 0 Å². The highest BCUT2D eigenvalue weighted by molar-refractivity contribution is 5.94. The Kier molecular flexibility index (Phi) is 6.64. The van der Waals surface area contributed by atoms with E-state index < -0.39 is 5.97 Å². The van der Waals surface area contributed by atoms with Crippen LogP contribution in [0.2, 0.25) is 0 Å². The predicted octanol–water partition coefficient (Wildman–Crippen LogP) is 3.84. The number of ether oxygens (including phenoxy) is 3. The quantitative estimate of drug-likeness (QED) is 0.650. The fraction of sp³-hybridized carbons (Fsp3) is 0.417. The van der Waals surface area contributed by atoms with Crippen molar-refractivity contribution in [3.8, 4) is 5.75 Å². The van der Waals surface area contributed by atoms with Crippen molar-refractivity contribution >= 4 is 11.9 Å². The number of carbonyl (C=O) groups is 2. The lowest BCUT2D eigenvalue weighted by atomic mass is 10.1. The molecular weight excluding hydrogens is 382 g/mol. The minimum atomic E-state index is -0.391. The molecule has 2 aliphatic rings.